The fourth-order valence-corrected chi connectivity index (χ4v) is 2.30. The molecule has 0 heterocycles. The quantitative estimate of drug-likeness (QED) is 0.794. The molecule has 1 amide bonds. The molecule has 0 aromatic heterocycles. The molecule has 2 N–H and O–H groups in total. The van der Waals surface area contributed by atoms with Crippen molar-refractivity contribution in [2.24, 2.45) is 5.92 Å². The van der Waals surface area contributed by atoms with Crippen LogP contribution in [0.15, 0.2) is 42.5 Å². The molecule has 2 rings (SSSR count). The van der Waals surface area contributed by atoms with Crippen molar-refractivity contribution in [2.75, 3.05) is 11.9 Å². The molecule has 0 saturated heterocycles. The first kappa shape index (κ1) is 18.9. The molecule has 0 aliphatic rings. The van der Waals surface area contributed by atoms with Crippen LogP contribution in [0, 0.1) is 11.7 Å². The number of aliphatic hydroxyl groups is 1. The molecule has 2 aromatic carbocycles. The average Bonchev–Trinajstić information content (AvgIpc) is 2.55. The molecule has 0 aliphatic carbocycles. The molecular weight excluding hydrogens is 321 g/mol. The highest BCUT2D eigenvalue weighted by atomic mass is 19.1. The van der Waals surface area contributed by atoms with Crippen LogP contribution in [0.5, 0.6) is 5.75 Å². The standard InChI is InChI=1S/C20H24FNO3/c1-13(2)12-25-17-7-4-15(5-8-17)10-20(24)22-16-6-9-19(21)18(11-16)14(3)23/h4-9,11,13-14,23H,10,12H2,1-3H3,(H,22,24)/t14-/m1/s1. The van der Waals surface area contributed by atoms with E-state index in [1.807, 2.05) is 24.3 Å². The van der Waals surface area contributed by atoms with Gasteiger partial charge in [0, 0.05) is 11.3 Å². The summed E-state index contributed by atoms with van der Waals surface area (Å²) in [6.07, 6.45) is -0.735. The van der Waals surface area contributed by atoms with Crippen LogP contribution in [0.3, 0.4) is 0 Å². The van der Waals surface area contributed by atoms with Crippen molar-refractivity contribution in [3.63, 3.8) is 0 Å². The fourth-order valence-electron chi connectivity index (χ4n) is 2.30. The first-order chi connectivity index (χ1) is 11.8. The molecule has 0 fully saturated rings. The lowest BCUT2D eigenvalue weighted by atomic mass is 10.1. The van der Waals surface area contributed by atoms with Crippen molar-refractivity contribution in [2.45, 2.75) is 33.3 Å². The number of benzene rings is 2. The minimum Gasteiger partial charge on any atom is -0.493 e. The number of aliphatic hydroxyl groups excluding tert-OH is 1. The monoisotopic (exact) mass is 345 g/mol. The normalized spacial score (nSPS) is 12.1. The highest BCUT2D eigenvalue weighted by Crippen LogP contribution is 2.21. The highest BCUT2D eigenvalue weighted by molar-refractivity contribution is 5.92. The zero-order valence-corrected chi connectivity index (χ0v) is 14.8. The maximum atomic E-state index is 13.6. The first-order valence-corrected chi connectivity index (χ1v) is 8.34. The summed E-state index contributed by atoms with van der Waals surface area (Å²) >= 11 is 0. The number of halogens is 1. The van der Waals surface area contributed by atoms with Crippen LogP contribution >= 0.6 is 0 Å². The lowest BCUT2D eigenvalue weighted by Crippen LogP contribution is -2.15. The van der Waals surface area contributed by atoms with E-state index >= 15 is 0 Å². The van der Waals surface area contributed by atoms with Crippen molar-refractivity contribution in [3.05, 3.63) is 59.4 Å². The van der Waals surface area contributed by atoms with Gasteiger partial charge in [0.2, 0.25) is 5.91 Å². The summed E-state index contributed by atoms with van der Waals surface area (Å²) < 4.78 is 19.2. The van der Waals surface area contributed by atoms with Gasteiger partial charge < -0.3 is 15.2 Å². The van der Waals surface area contributed by atoms with Gasteiger partial charge in [-0.2, -0.15) is 0 Å². The second-order valence-corrected chi connectivity index (χ2v) is 6.49. The van der Waals surface area contributed by atoms with Crippen molar-refractivity contribution in [1.82, 2.24) is 0 Å². The topological polar surface area (TPSA) is 58.6 Å². The van der Waals surface area contributed by atoms with E-state index in [-0.39, 0.29) is 17.9 Å². The van der Waals surface area contributed by atoms with E-state index in [4.69, 9.17) is 4.74 Å². The van der Waals surface area contributed by atoms with Crippen LogP contribution in [-0.4, -0.2) is 17.6 Å². The zero-order chi connectivity index (χ0) is 18.4. The van der Waals surface area contributed by atoms with Crippen LogP contribution in [-0.2, 0) is 11.2 Å². The summed E-state index contributed by atoms with van der Waals surface area (Å²) in [6.45, 7) is 6.29. The zero-order valence-electron chi connectivity index (χ0n) is 14.8. The number of amides is 1. The highest BCUT2D eigenvalue weighted by Gasteiger charge is 2.11. The summed E-state index contributed by atoms with van der Waals surface area (Å²) in [5.41, 5.74) is 1.47. The molecule has 0 radical (unpaired) electrons. The predicted octanol–water partition coefficient (Wildman–Crippen LogP) is 4.10. The largest absolute Gasteiger partial charge is 0.493 e. The van der Waals surface area contributed by atoms with E-state index in [0.717, 1.165) is 11.3 Å². The molecule has 5 heteroatoms. The SMILES string of the molecule is CC(C)COc1ccc(CC(=O)Nc2ccc(F)c([C@@H](C)O)c2)cc1. The van der Waals surface area contributed by atoms with Crippen LogP contribution < -0.4 is 10.1 Å². The number of carbonyl (C=O) groups is 1. The van der Waals surface area contributed by atoms with Gasteiger partial charge in [0.25, 0.3) is 0 Å². The number of rotatable bonds is 7. The summed E-state index contributed by atoms with van der Waals surface area (Å²) in [5, 5.41) is 12.3. The second-order valence-electron chi connectivity index (χ2n) is 6.49. The van der Waals surface area contributed by atoms with E-state index in [9.17, 15) is 14.3 Å². The van der Waals surface area contributed by atoms with Crippen LogP contribution in [0.1, 0.15) is 38.0 Å². The molecule has 0 bridgehead atoms. The second kappa shape index (κ2) is 8.62. The Hall–Kier alpha value is -2.40. The van der Waals surface area contributed by atoms with E-state index in [1.54, 1.807) is 0 Å². The molecule has 25 heavy (non-hydrogen) atoms. The minimum absolute atomic E-state index is 0.157. The Morgan fingerprint density at radius 2 is 1.84 bits per heavy atom. The number of hydrogen-bond acceptors (Lipinski definition) is 3. The maximum Gasteiger partial charge on any atom is 0.228 e. The maximum absolute atomic E-state index is 13.6. The van der Waals surface area contributed by atoms with Gasteiger partial charge in [0.05, 0.1) is 19.1 Å². The van der Waals surface area contributed by atoms with Crippen LogP contribution in [0.2, 0.25) is 0 Å². The van der Waals surface area contributed by atoms with Gasteiger partial charge >= 0.3 is 0 Å². The third-order valence-electron chi connectivity index (χ3n) is 3.60. The molecule has 2 aromatic rings. The Morgan fingerprint density at radius 1 is 1.16 bits per heavy atom. The van der Waals surface area contributed by atoms with E-state index in [0.29, 0.717) is 18.2 Å². The smallest absolute Gasteiger partial charge is 0.228 e. The third kappa shape index (κ3) is 5.87. The number of ether oxygens (including phenoxy) is 1. The van der Waals surface area contributed by atoms with Gasteiger partial charge in [-0.15, -0.1) is 0 Å². The average molecular weight is 345 g/mol. The summed E-state index contributed by atoms with van der Waals surface area (Å²) in [6, 6.07) is 11.5. The van der Waals surface area contributed by atoms with E-state index < -0.39 is 11.9 Å². The molecule has 1 atom stereocenters. The Balaban J connectivity index is 1.95. The van der Waals surface area contributed by atoms with Gasteiger partial charge in [-0.25, -0.2) is 4.39 Å². The first-order valence-electron chi connectivity index (χ1n) is 8.34. The Morgan fingerprint density at radius 3 is 2.44 bits per heavy atom. The predicted molar refractivity (Wildman–Crippen MR) is 96.1 cm³/mol. The molecule has 0 saturated carbocycles. The molecule has 4 nitrogen and oxygen atoms in total. The Kier molecular flexibility index (Phi) is 6.53. The van der Waals surface area contributed by atoms with Crippen LogP contribution in [0.25, 0.3) is 0 Å². The van der Waals surface area contributed by atoms with Crippen molar-refractivity contribution in [1.29, 1.82) is 0 Å². The van der Waals surface area contributed by atoms with Crippen LogP contribution in [0.4, 0.5) is 10.1 Å². The number of nitrogens with one attached hydrogen (secondary N) is 1. The van der Waals surface area contributed by atoms with Crippen molar-refractivity contribution >= 4 is 11.6 Å². The number of hydrogen-bond donors (Lipinski definition) is 2. The Labute approximate surface area is 147 Å². The third-order valence-corrected chi connectivity index (χ3v) is 3.60. The lowest BCUT2D eigenvalue weighted by molar-refractivity contribution is -0.115. The van der Waals surface area contributed by atoms with Gasteiger partial charge in [-0.3, -0.25) is 4.79 Å². The summed E-state index contributed by atoms with van der Waals surface area (Å²) in [4.78, 5) is 12.1. The fraction of sp³-hybridized carbons (Fsp3) is 0.350. The molecule has 0 unspecified atom stereocenters. The molecule has 0 spiro atoms. The molecular formula is C20H24FNO3. The van der Waals surface area contributed by atoms with Crippen molar-refractivity contribution < 1.29 is 19.0 Å². The Bertz CT molecular complexity index is 711. The summed E-state index contributed by atoms with van der Waals surface area (Å²) in [5.74, 6) is 0.523. The van der Waals surface area contributed by atoms with Crippen molar-refractivity contribution in [3.8, 4) is 5.75 Å². The number of anilines is 1. The number of carbonyl (C=O) groups excluding carboxylic acids is 1. The van der Waals surface area contributed by atoms with E-state index in [2.05, 4.69) is 19.2 Å². The molecule has 0 aliphatic heterocycles. The minimum atomic E-state index is -0.935. The van der Waals surface area contributed by atoms with Gasteiger partial charge in [0.15, 0.2) is 0 Å². The van der Waals surface area contributed by atoms with Gasteiger partial charge in [-0.05, 0) is 48.7 Å². The van der Waals surface area contributed by atoms with Gasteiger partial charge in [-0.1, -0.05) is 26.0 Å². The lowest BCUT2D eigenvalue weighted by Gasteiger charge is -2.11. The molecule has 134 valence electrons. The van der Waals surface area contributed by atoms with E-state index in [1.165, 1.54) is 25.1 Å². The van der Waals surface area contributed by atoms with Gasteiger partial charge in [0.1, 0.15) is 11.6 Å². The summed E-state index contributed by atoms with van der Waals surface area (Å²) in [7, 11) is 0.